The normalized spacial score (nSPS) is 19.6. The van der Waals surface area contributed by atoms with E-state index in [0.29, 0.717) is 17.2 Å². The van der Waals surface area contributed by atoms with Crippen molar-refractivity contribution >= 4 is 11.5 Å². The van der Waals surface area contributed by atoms with Gasteiger partial charge in [-0.3, -0.25) is 4.79 Å². The fourth-order valence-electron chi connectivity index (χ4n) is 2.93. The summed E-state index contributed by atoms with van der Waals surface area (Å²) >= 11 is 0. The SMILES string of the molecule is CCC1CCCCN1c1cc(C)c(F)cc1C(C)=O. The van der Waals surface area contributed by atoms with Gasteiger partial charge in [-0.1, -0.05) is 6.92 Å². The maximum absolute atomic E-state index is 13.7. The molecule has 2 rings (SSSR count). The van der Waals surface area contributed by atoms with E-state index in [1.54, 1.807) is 6.92 Å². The second-order valence-corrected chi connectivity index (χ2v) is 5.43. The number of Topliss-reactive ketones (excluding diaryl/α,β-unsaturated/α-hetero) is 1. The highest BCUT2D eigenvalue weighted by atomic mass is 19.1. The molecule has 1 aliphatic rings. The number of hydrogen-bond donors (Lipinski definition) is 0. The molecule has 0 aromatic heterocycles. The molecule has 0 saturated carbocycles. The topological polar surface area (TPSA) is 20.3 Å². The molecule has 1 fully saturated rings. The molecule has 1 aromatic rings. The number of piperidine rings is 1. The molecule has 3 heteroatoms. The zero-order valence-corrected chi connectivity index (χ0v) is 12.0. The standard InChI is InChI=1S/C16H22FNO/c1-4-13-7-5-6-8-18(13)16-9-11(2)15(17)10-14(16)12(3)19/h9-10,13H,4-8H2,1-3H3. The average molecular weight is 263 g/mol. The Morgan fingerprint density at radius 2 is 2.16 bits per heavy atom. The summed E-state index contributed by atoms with van der Waals surface area (Å²) in [6.45, 7) is 6.41. The van der Waals surface area contributed by atoms with Crippen LogP contribution in [0.3, 0.4) is 0 Å². The second-order valence-electron chi connectivity index (χ2n) is 5.43. The number of halogens is 1. The quantitative estimate of drug-likeness (QED) is 0.765. The molecule has 104 valence electrons. The Kier molecular flexibility index (Phi) is 4.23. The lowest BCUT2D eigenvalue weighted by atomic mass is 9.96. The molecule has 0 N–H and O–H groups in total. The Morgan fingerprint density at radius 3 is 2.79 bits per heavy atom. The lowest BCUT2D eigenvalue weighted by Crippen LogP contribution is -2.40. The van der Waals surface area contributed by atoms with E-state index in [4.69, 9.17) is 0 Å². The summed E-state index contributed by atoms with van der Waals surface area (Å²) in [5.74, 6) is -0.353. The maximum Gasteiger partial charge on any atom is 0.161 e. The molecular formula is C16H22FNO. The number of nitrogens with zero attached hydrogens (tertiary/aromatic N) is 1. The molecule has 1 atom stereocenters. The predicted octanol–water partition coefficient (Wildman–Crippen LogP) is 4.11. The van der Waals surface area contributed by atoms with Crippen LogP contribution in [0.4, 0.5) is 10.1 Å². The van der Waals surface area contributed by atoms with Gasteiger partial charge in [0.25, 0.3) is 0 Å². The summed E-state index contributed by atoms with van der Waals surface area (Å²) in [6.07, 6.45) is 4.60. The molecular weight excluding hydrogens is 241 g/mol. The summed E-state index contributed by atoms with van der Waals surface area (Å²) in [5.41, 5.74) is 2.04. The highest BCUT2D eigenvalue weighted by Gasteiger charge is 2.25. The van der Waals surface area contributed by atoms with Crippen LogP contribution in [-0.2, 0) is 0 Å². The lowest BCUT2D eigenvalue weighted by Gasteiger charge is -2.38. The van der Waals surface area contributed by atoms with Crippen LogP contribution in [0.1, 0.15) is 55.5 Å². The van der Waals surface area contributed by atoms with Gasteiger partial charge < -0.3 is 4.90 Å². The molecule has 0 radical (unpaired) electrons. The van der Waals surface area contributed by atoms with Crippen LogP contribution in [0.25, 0.3) is 0 Å². The van der Waals surface area contributed by atoms with Crippen molar-refractivity contribution < 1.29 is 9.18 Å². The molecule has 0 aliphatic carbocycles. The Hall–Kier alpha value is -1.38. The zero-order chi connectivity index (χ0) is 14.0. The van der Waals surface area contributed by atoms with Gasteiger partial charge in [0.1, 0.15) is 5.82 Å². The van der Waals surface area contributed by atoms with Gasteiger partial charge in [0, 0.05) is 23.8 Å². The van der Waals surface area contributed by atoms with Gasteiger partial charge in [-0.15, -0.1) is 0 Å². The van der Waals surface area contributed by atoms with E-state index >= 15 is 0 Å². The predicted molar refractivity (Wildman–Crippen MR) is 76.4 cm³/mol. The zero-order valence-electron chi connectivity index (χ0n) is 12.0. The number of carbonyl (C=O) groups excluding carboxylic acids is 1. The molecule has 1 heterocycles. The fourth-order valence-corrected chi connectivity index (χ4v) is 2.93. The number of anilines is 1. The number of carbonyl (C=O) groups is 1. The Labute approximate surface area is 114 Å². The maximum atomic E-state index is 13.7. The van der Waals surface area contributed by atoms with E-state index in [-0.39, 0.29) is 11.6 Å². The molecule has 1 aromatic carbocycles. The van der Waals surface area contributed by atoms with Crippen molar-refractivity contribution in [2.45, 2.75) is 52.5 Å². The first kappa shape index (κ1) is 14.0. The molecule has 0 bridgehead atoms. The first-order valence-electron chi connectivity index (χ1n) is 7.12. The Morgan fingerprint density at radius 1 is 1.42 bits per heavy atom. The smallest absolute Gasteiger partial charge is 0.161 e. The third-order valence-electron chi connectivity index (χ3n) is 4.06. The van der Waals surface area contributed by atoms with Crippen LogP contribution in [0.2, 0.25) is 0 Å². The van der Waals surface area contributed by atoms with Crippen molar-refractivity contribution in [2.75, 3.05) is 11.4 Å². The largest absolute Gasteiger partial charge is 0.368 e. The van der Waals surface area contributed by atoms with E-state index in [1.165, 1.54) is 19.4 Å². The van der Waals surface area contributed by atoms with Gasteiger partial charge in [-0.25, -0.2) is 4.39 Å². The number of rotatable bonds is 3. The summed E-state index contributed by atoms with van der Waals surface area (Å²) in [5, 5.41) is 0. The summed E-state index contributed by atoms with van der Waals surface area (Å²) < 4.78 is 13.7. The number of aryl methyl sites for hydroxylation is 1. The molecule has 2 nitrogen and oxygen atoms in total. The number of ketones is 1. The van der Waals surface area contributed by atoms with Crippen LogP contribution in [0, 0.1) is 12.7 Å². The van der Waals surface area contributed by atoms with Gasteiger partial charge in [-0.05, 0) is 57.2 Å². The van der Waals surface area contributed by atoms with E-state index in [9.17, 15) is 9.18 Å². The molecule has 1 saturated heterocycles. The van der Waals surface area contributed by atoms with Crippen LogP contribution in [0.5, 0.6) is 0 Å². The first-order valence-corrected chi connectivity index (χ1v) is 7.12. The molecule has 19 heavy (non-hydrogen) atoms. The van der Waals surface area contributed by atoms with Crippen LogP contribution < -0.4 is 4.90 Å². The molecule has 0 amide bonds. The van der Waals surface area contributed by atoms with E-state index in [2.05, 4.69) is 11.8 Å². The average Bonchev–Trinajstić information content (AvgIpc) is 2.41. The van der Waals surface area contributed by atoms with Crippen LogP contribution >= 0.6 is 0 Å². The highest BCUT2D eigenvalue weighted by Crippen LogP contribution is 2.31. The molecule has 0 spiro atoms. The minimum atomic E-state index is -0.293. The number of hydrogen-bond acceptors (Lipinski definition) is 2. The van der Waals surface area contributed by atoms with Gasteiger partial charge in [0.05, 0.1) is 0 Å². The van der Waals surface area contributed by atoms with Crippen molar-refractivity contribution in [1.29, 1.82) is 0 Å². The number of benzene rings is 1. The Balaban J connectivity index is 2.47. The van der Waals surface area contributed by atoms with E-state index in [0.717, 1.165) is 31.5 Å². The summed E-state index contributed by atoms with van der Waals surface area (Å²) in [7, 11) is 0. The van der Waals surface area contributed by atoms with E-state index < -0.39 is 0 Å². The van der Waals surface area contributed by atoms with Crippen molar-refractivity contribution in [2.24, 2.45) is 0 Å². The Bertz CT molecular complexity index is 484. The third kappa shape index (κ3) is 2.80. The molecule has 1 aliphatic heterocycles. The lowest BCUT2D eigenvalue weighted by molar-refractivity contribution is 0.101. The van der Waals surface area contributed by atoms with Gasteiger partial charge in [-0.2, -0.15) is 0 Å². The van der Waals surface area contributed by atoms with Crippen molar-refractivity contribution in [1.82, 2.24) is 0 Å². The van der Waals surface area contributed by atoms with Gasteiger partial charge >= 0.3 is 0 Å². The van der Waals surface area contributed by atoms with Crippen molar-refractivity contribution in [3.8, 4) is 0 Å². The second kappa shape index (κ2) is 5.72. The van der Waals surface area contributed by atoms with Crippen LogP contribution in [0.15, 0.2) is 12.1 Å². The summed E-state index contributed by atoms with van der Waals surface area (Å²) in [4.78, 5) is 14.1. The highest BCUT2D eigenvalue weighted by molar-refractivity contribution is 6.00. The van der Waals surface area contributed by atoms with Gasteiger partial charge in [0.15, 0.2) is 5.78 Å². The van der Waals surface area contributed by atoms with E-state index in [1.807, 2.05) is 6.07 Å². The fraction of sp³-hybridized carbons (Fsp3) is 0.562. The molecule has 1 unspecified atom stereocenters. The van der Waals surface area contributed by atoms with Crippen molar-refractivity contribution in [3.05, 3.63) is 29.1 Å². The third-order valence-corrected chi connectivity index (χ3v) is 4.06. The van der Waals surface area contributed by atoms with Gasteiger partial charge in [0.2, 0.25) is 0 Å². The summed E-state index contributed by atoms with van der Waals surface area (Å²) in [6, 6.07) is 3.70. The minimum absolute atomic E-state index is 0.0608. The van der Waals surface area contributed by atoms with Crippen molar-refractivity contribution in [3.63, 3.8) is 0 Å². The first-order chi connectivity index (χ1) is 9.04. The van der Waals surface area contributed by atoms with Crippen LogP contribution in [-0.4, -0.2) is 18.4 Å². The monoisotopic (exact) mass is 263 g/mol. The minimum Gasteiger partial charge on any atom is -0.368 e.